The van der Waals surface area contributed by atoms with Gasteiger partial charge in [-0.2, -0.15) is 0 Å². The predicted octanol–water partition coefficient (Wildman–Crippen LogP) is 5.96. The molecule has 0 radical (unpaired) electrons. The molecule has 1 heterocycles. The Balaban J connectivity index is 1.84. The van der Waals surface area contributed by atoms with E-state index in [4.69, 9.17) is 4.98 Å². The van der Waals surface area contributed by atoms with Gasteiger partial charge >= 0.3 is 0 Å². The van der Waals surface area contributed by atoms with Crippen molar-refractivity contribution < 1.29 is 5.11 Å². The monoisotopic (exact) mass is 362 g/mol. The largest absolute Gasteiger partial charge is 0.508 e. The molecule has 0 aliphatic heterocycles. The second-order valence-corrected chi connectivity index (χ2v) is 9.44. The maximum absolute atomic E-state index is 9.87. The SMILES string of the molecule is CC(C)(C)NSc1cc(O)ccc1-c1cnc(C2CCCCC2)s1. The number of nitrogens with one attached hydrogen (secondary N) is 1. The number of aromatic nitrogens is 1. The molecule has 2 aromatic rings. The lowest BCUT2D eigenvalue weighted by Crippen LogP contribution is -2.29. The van der Waals surface area contributed by atoms with Gasteiger partial charge in [-0.3, -0.25) is 4.72 Å². The highest BCUT2D eigenvalue weighted by atomic mass is 32.2. The first-order chi connectivity index (χ1) is 11.4. The number of benzene rings is 1. The lowest BCUT2D eigenvalue weighted by atomic mass is 9.90. The Kier molecular flexibility index (Phi) is 5.52. The van der Waals surface area contributed by atoms with Crippen LogP contribution >= 0.6 is 23.3 Å². The Morgan fingerprint density at radius 2 is 1.96 bits per heavy atom. The van der Waals surface area contributed by atoms with E-state index in [0.29, 0.717) is 11.7 Å². The molecule has 5 heteroatoms. The van der Waals surface area contributed by atoms with Crippen molar-refractivity contribution in [3.63, 3.8) is 0 Å². The zero-order valence-corrected chi connectivity index (χ0v) is 16.3. The maximum Gasteiger partial charge on any atom is 0.116 e. The first-order valence-electron chi connectivity index (χ1n) is 8.65. The molecule has 0 spiro atoms. The minimum Gasteiger partial charge on any atom is -0.508 e. The fourth-order valence-corrected chi connectivity index (χ4v) is 5.03. The molecular formula is C19H26N2OS2. The summed E-state index contributed by atoms with van der Waals surface area (Å²) in [5.74, 6) is 0.937. The Hall–Kier alpha value is -1.04. The highest BCUT2D eigenvalue weighted by molar-refractivity contribution is 7.97. The van der Waals surface area contributed by atoms with Crippen LogP contribution < -0.4 is 4.72 Å². The molecule has 2 N–H and O–H groups in total. The maximum atomic E-state index is 9.87. The van der Waals surface area contributed by atoms with Crippen LogP contribution in [-0.2, 0) is 0 Å². The first kappa shape index (κ1) is 17.8. The molecule has 0 atom stereocenters. The summed E-state index contributed by atoms with van der Waals surface area (Å²) in [5.41, 5.74) is 1.16. The van der Waals surface area contributed by atoms with Gasteiger partial charge in [0.15, 0.2) is 0 Å². The van der Waals surface area contributed by atoms with Crippen molar-refractivity contribution in [1.29, 1.82) is 0 Å². The second kappa shape index (κ2) is 7.46. The minimum absolute atomic E-state index is 0.00829. The second-order valence-electron chi connectivity index (χ2n) is 7.53. The summed E-state index contributed by atoms with van der Waals surface area (Å²) in [6, 6.07) is 5.59. The van der Waals surface area contributed by atoms with Crippen LogP contribution in [0.15, 0.2) is 29.3 Å². The van der Waals surface area contributed by atoms with E-state index in [-0.39, 0.29) is 5.54 Å². The Labute approximate surface area is 153 Å². The molecule has 24 heavy (non-hydrogen) atoms. The van der Waals surface area contributed by atoms with Crippen molar-refractivity contribution >= 4 is 23.3 Å². The number of nitrogens with zero attached hydrogens (tertiary/aromatic N) is 1. The summed E-state index contributed by atoms with van der Waals surface area (Å²) < 4.78 is 3.44. The summed E-state index contributed by atoms with van der Waals surface area (Å²) >= 11 is 3.39. The summed E-state index contributed by atoms with van der Waals surface area (Å²) in [7, 11) is 0. The molecule has 0 unspecified atom stereocenters. The smallest absolute Gasteiger partial charge is 0.116 e. The van der Waals surface area contributed by atoms with Gasteiger partial charge in [0.05, 0.1) is 9.88 Å². The van der Waals surface area contributed by atoms with Gasteiger partial charge in [-0.15, -0.1) is 11.3 Å². The number of rotatable bonds is 4. The molecule has 0 bridgehead atoms. The average Bonchev–Trinajstić information content (AvgIpc) is 3.03. The van der Waals surface area contributed by atoms with Gasteiger partial charge in [0.1, 0.15) is 5.75 Å². The topological polar surface area (TPSA) is 45.1 Å². The lowest BCUT2D eigenvalue weighted by Gasteiger charge is -2.20. The third-order valence-corrected chi connectivity index (χ3v) is 6.64. The summed E-state index contributed by atoms with van der Waals surface area (Å²) in [6.45, 7) is 6.41. The zero-order chi connectivity index (χ0) is 17.2. The van der Waals surface area contributed by atoms with Crippen LogP contribution in [0.1, 0.15) is 63.8 Å². The number of phenolic OH excluding ortho intramolecular Hbond substituents is 1. The fraction of sp³-hybridized carbons (Fsp3) is 0.526. The van der Waals surface area contributed by atoms with Crippen LogP contribution in [0.2, 0.25) is 0 Å². The van der Waals surface area contributed by atoms with Crippen molar-refractivity contribution in [2.75, 3.05) is 0 Å². The summed E-state index contributed by atoms with van der Waals surface area (Å²) in [4.78, 5) is 6.95. The van der Waals surface area contributed by atoms with Gasteiger partial charge in [0, 0.05) is 28.1 Å². The van der Waals surface area contributed by atoms with Crippen LogP contribution in [0.4, 0.5) is 0 Å². The lowest BCUT2D eigenvalue weighted by molar-refractivity contribution is 0.442. The van der Waals surface area contributed by atoms with E-state index in [2.05, 4.69) is 25.5 Å². The summed E-state index contributed by atoms with van der Waals surface area (Å²) in [5, 5.41) is 11.1. The fourth-order valence-electron chi connectivity index (χ4n) is 2.96. The molecule has 1 aliphatic carbocycles. The Morgan fingerprint density at radius 3 is 2.67 bits per heavy atom. The third-order valence-electron chi connectivity index (χ3n) is 4.18. The van der Waals surface area contributed by atoms with Gasteiger partial charge in [-0.1, -0.05) is 19.3 Å². The van der Waals surface area contributed by atoms with Crippen LogP contribution in [0.25, 0.3) is 10.4 Å². The standard InChI is InChI=1S/C19H26N2OS2/c1-19(2,3)21-24-16-11-14(22)9-10-15(16)17-12-20-18(23-17)13-7-5-4-6-8-13/h9-13,21-22H,4-8H2,1-3H3. The molecule has 0 amide bonds. The quantitative estimate of drug-likeness (QED) is 0.659. The normalized spacial score (nSPS) is 16.5. The number of hydrogen-bond donors (Lipinski definition) is 2. The Morgan fingerprint density at radius 1 is 1.21 bits per heavy atom. The van der Waals surface area contributed by atoms with Crippen molar-refractivity contribution in [2.24, 2.45) is 0 Å². The predicted molar refractivity (Wildman–Crippen MR) is 104 cm³/mol. The van der Waals surface area contributed by atoms with E-state index < -0.39 is 0 Å². The van der Waals surface area contributed by atoms with Gasteiger partial charge in [-0.05, 0) is 63.8 Å². The zero-order valence-electron chi connectivity index (χ0n) is 14.6. The van der Waals surface area contributed by atoms with Gasteiger partial charge in [-0.25, -0.2) is 4.98 Å². The van der Waals surface area contributed by atoms with Crippen molar-refractivity contribution in [3.8, 4) is 16.2 Å². The molecule has 3 nitrogen and oxygen atoms in total. The van der Waals surface area contributed by atoms with Gasteiger partial charge in [0.2, 0.25) is 0 Å². The number of hydrogen-bond acceptors (Lipinski definition) is 5. The molecule has 0 saturated heterocycles. The van der Waals surface area contributed by atoms with E-state index in [1.165, 1.54) is 42.0 Å². The average molecular weight is 363 g/mol. The molecule has 1 aromatic carbocycles. The number of aromatic hydroxyl groups is 1. The van der Waals surface area contributed by atoms with E-state index in [1.807, 2.05) is 29.7 Å². The first-order valence-corrected chi connectivity index (χ1v) is 10.3. The highest BCUT2D eigenvalue weighted by Gasteiger charge is 2.20. The van der Waals surface area contributed by atoms with E-state index in [1.54, 1.807) is 18.0 Å². The van der Waals surface area contributed by atoms with Gasteiger partial charge in [0.25, 0.3) is 0 Å². The van der Waals surface area contributed by atoms with Crippen LogP contribution in [0.3, 0.4) is 0 Å². The minimum atomic E-state index is 0.00829. The number of phenols is 1. The molecule has 1 fully saturated rings. The third kappa shape index (κ3) is 4.52. The van der Waals surface area contributed by atoms with Crippen molar-refractivity contribution in [2.45, 2.75) is 69.2 Å². The van der Waals surface area contributed by atoms with Crippen LogP contribution in [-0.4, -0.2) is 15.6 Å². The molecule has 1 aromatic heterocycles. The molecular weight excluding hydrogens is 336 g/mol. The van der Waals surface area contributed by atoms with Crippen molar-refractivity contribution in [3.05, 3.63) is 29.4 Å². The summed E-state index contributed by atoms with van der Waals surface area (Å²) in [6.07, 6.45) is 8.57. The molecule has 1 aliphatic rings. The van der Waals surface area contributed by atoms with Crippen LogP contribution in [0.5, 0.6) is 5.75 Å². The molecule has 3 rings (SSSR count). The number of thiazole rings is 1. The van der Waals surface area contributed by atoms with Crippen molar-refractivity contribution in [1.82, 2.24) is 9.71 Å². The van der Waals surface area contributed by atoms with Crippen LogP contribution in [0, 0.1) is 0 Å². The highest BCUT2D eigenvalue weighted by Crippen LogP contribution is 2.40. The molecule has 130 valence electrons. The Bertz CT molecular complexity index is 685. The van der Waals surface area contributed by atoms with E-state index in [0.717, 1.165) is 10.5 Å². The van der Waals surface area contributed by atoms with E-state index in [9.17, 15) is 5.11 Å². The van der Waals surface area contributed by atoms with E-state index >= 15 is 0 Å². The van der Waals surface area contributed by atoms with Gasteiger partial charge < -0.3 is 5.11 Å². The molecule has 1 saturated carbocycles.